The SMILES string of the molecule is CCCCN(C)Cc1[nH]nc2ccc(OCc3ccccn3)cc12. The van der Waals surface area contributed by atoms with Crippen molar-refractivity contribution in [1.82, 2.24) is 20.1 Å². The van der Waals surface area contributed by atoms with Crippen LogP contribution >= 0.6 is 0 Å². The molecular weight excluding hydrogens is 300 g/mol. The standard InChI is InChI=1S/C19H24N4O/c1-3-4-11-23(2)13-19-17-12-16(8-9-18(17)21-22-19)24-14-15-7-5-6-10-20-15/h5-10,12H,3-4,11,13-14H2,1-2H3,(H,21,22). The summed E-state index contributed by atoms with van der Waals surface area (Å²) in [6.45, 7) is 4.63. The average Bonchev–Trinajstić information content (AvgIpc) is 3.01. The van der Waals surface area contributed by atoms with Crippen LogP contribution in [0.25, 0.3) is 10.9 Å². The maximum absolute atomic E-state index is 5.88. The summed E-state index contributed by atoms with van der Waals surface area (Å²) < 4.78 is 5.88. The van der Waals surface area contributed by atoms with E-state index in [-0.39, 0.29) is 0 Å². The third-order valence-electron chi connectivity index (χ3n) is 4.04. The fourth-order valence-electron chi connectivity index (χ4n) is 2.67. The lowest BCUT2D eigenvalue weighted by Gasteiger charge is -2.15. The van der Waals surface area contributed by atoms with Gasteiger partial charge in [0.25, 0.3) is 0 Å². The molecule has 0 radical (unpaired) electrons. The fraction of sp³-hybridized carbons (Fsp3) is 0.368. The first-order valence-corrected chi connectivity index (χ1v) is 8.44. The number of nitrogens with one attached hydrogen (secondary N) is 1. The van der Waals surface area contributed by atoms with Gasteiger partial charge in [-0.2, -0.15) is 5.10 Å². The number of aromatic nitrogens is 3. The maximum atomic E-state index is 5.88. The molecule has 0 unspecified atom stereocenters. The Hall–Kier alpha value is -2.40. The predicted octanol–water partition coefficient (Wildman–Crippen LogP) is 3.77. The minimum absolute atomic E-state index is 0.468. The molecule has 2 heterocycles. The molecule has 0 spiro atoms. The second-order valence-corrected chi connectivity index (χ2v) is 6.08. The van der Waals surface area contributed by atoms with Gasteiger partial charge in [0.2, 0.25) is 0 Å². The van der Waals surface area contributed by atoms with Crippen molar-refractivity contribution in [3.63, 3.8) is 0 Å². The highest BCUT2D eigenvalue weighted by Gasteiger charge is 2.09. The topological polar surface area (TPSA) is 54.0 Å². The van der Waals surface area contributed by atoms with Gasteiger partial charge in [0.1, 0.15) is 12.4 Å². The normalized spacial score (nSPS) is 11.3. The van der Waals surface area contributed by atoms with Gasteiger partial charge in [-0.1, -0.05) is 19.4 Å². The van der Waals surface area contributed by atoms with Gasteiger partial charge in [0.05, 0.1) is 16.9 Å². The lowest BCUT2D eigenvalue weighted by atomic mass is 10.2. The van der Waals surface area contributed by atoms with E-state index >= 15 is 0 Å². The van der Waals surface area contributed by atoms with E-state index in [1.165, 1.54) is 12.8 Å². The van der Waals surface area contributed by atoms with Crippen molar-refractivity contribution < 1.29 is 4.74 Å². The number of hydrogen-bond donors (Lipinski definition) is 1. The second-order valence-electron chi connectivity index (χ2n) is 6.08. The number of ether oxygens (including phenoxy) is 1. The molecule has 5 nitrogen and oxygen atoms in total. The van der Waals surface area contributed by atoms with Crippen LogP contribution in [0.2, 0.25) is 0 Å². The Bertz CT molecular complexity index is 769. The van der Waals surface area contributed by atoms with Gasteiger partial charge >= 0.3 is 0 Å². The number of hydrogen-bond acceptors (Lipinski definition) is 4. The Labute approximate surface area is 142 Å². The number of aromatic amines is 1. The summed E-state index contributed by atoms with van der Waals surface area (Å²) in [5.74, 6) is 0.840. The summed E-state index contributed by atoms with van der Waals surface area (Å²) in [5.41, 5.74) is 3.02. The molecule has 126 valence electrons. The summed E-state index contributed by atoms with van der Waals surface area (Å²) in [7, 11) is 2.14. The number of rotatable bonds is 8. The molecular formula is C19H24N4O. The van der Waals surface area contributed by atoms with Gasteiger partial charge in [-0.05, 0) is 50.3 Å². The number of H-pyrrole nitrogens is 1. The predicted molar refractivity (Wildman–Crippen MR) is 95.9 cm³/mol. The molecule has 5 heteroatoms. The highest BCUT2D eigenvalue weighted by Crippen LogP contribution is 2.23. The van der Waals surface area contributed by atoms with E-state index in [0.29, 0.717) is 6.61 Å². The summed E-state index contributed by atoms with van der Waals surface area (Å²) in [6, 6.07) is 11.8. The van der Waals surface area contributed by atoms with Gasteiger partial charge < -0.3 is 9.64 Å². The zero-order valence-corrected chi connectivity index (χ0v) is 14.3. The zero-order chi connectivity index (χ0) is 16.8. The number of pyridine rings is 1. The van der Waals surface area contributed by atoms with Crippen molar-refractivity contribution >= 4 is 10.9 Å². The number of nitrogens with zero attached hydrogens (tertiary/aromatic N) is 3. The molecule has 2 aromatic heterocycles. The fourth-order valence-corrected chi connectivity index (χ4v) is 2.67. The molecule has 0 aliphatic rings. The van der Waals surface area contributed by atoms with Crippen LogP contribution in [-0.4, -0.2) is 33.7 Å². The van der Waals surface area contributed by atoms with E-state index in [1.54, 1.807) is 6.20 Å². The van der Waals surface area contributed by atoms with Crippen molar-refractivity contribution in [2.75, 3.05) is 13.6 Å². The maximum Gasteiger partial charge on any atom is 0.130 e. The summed E-state index contributed by atoms with van der Waals surface area (Å²) >= 11 is 0. The van der Waals surface area contributed by atoms with Crippen molar-refractivity contribution in [2.24, 2.45) is 0 Å². The monoisotopic (exact) mass is 324 g/mol. The van der Waals surface area contributed by atoms with Crippen molar-refractivity contribution in [3.05, 3.63) is 54.0 Å². The van der Waals surface area contributed by atoms with Gasteiger partial charge in [-0.3, -0.25) is 10.1 Å². The van der Waals surface area contributed by atoms with Crippen LogP contribution in [0.1, 0.15) is 31.2 Å². The molecule has 1 aromatic carbocycles. The van der Waals surface area contributed by atoms with Gasteiger partial charge in [0, 0.05) is 18.1 Å². The van der Waals surface area contributed by atoms with E-state index < -0.39 is 0 Å². The Balaban J connectivity index is 1.71. The van der Waals surface area contributed by atoms with E-state index in [9.17, 15) is 0 Å². The van der Waals surface area contributed by atoms with E-state index in [4.69, 9.17) is 4.74 Å². The number of fused-ring (bicyclic) bond motifs is 1. The molecule has 0 bridgehead atoms. The van der Waals surface area contributed by atoms with Crippen LogP contribution < -0.4 is 4.74 Å². The lowest BCUT2D eigenvalue weighted by molar-refractivity contribution is 0.301. The van der Waals surface area contributed by atoms with Crippen LogP contribution in [0.5, 0.6) is 5.75 Å². The minimum Gasteiger partial charge on any atom is -0.487 e. The molecule has 0 amide bonds. The molecule has 1 N–H and O–H groups in total. The molecule has 0 saturated carbocycles. The molecule has 0 aliphatic heterocycles. The molecule has 0 atom stereocenters. The molecule has 0 fully saturated rings. The third-order valence-corrected chi connectivity index (χ3v) is 4.04. The summed E-state index contributed by atoms with van der Waals surface area (Å²) in [5, 5.41) is 8.68. The quantitative estimate of drug-likeness (QED) is 0.685. The Morgan fingerprint density at radius 1 is 1.21 bits per heavy atom. The average molecular weight is 324 g/mol. The molecule has 0 aliphatic carbocycles. The zero-order valence-electron chi connectivity index (χ0n) is 14.3. The first-order valence-electron chi connectivity index (χ1n) is 8.44. The second kappa shape index (κ2) is 7.93. The largest absolute Gasteiger partial charge is 0.487 e. The van der Waals surface area contributed by atoms with Crippen LogP contribution in [0.15, 0.2) is 42.6 Å². The number of benzene rings is 1. The van der Waals surface area contributed by atoms with Gasteiger partial charge in [-0.25, -0.2) is 0 Å². The van der Waals surface area contributed by atoms with Crippen LogP contribution in [0.3, 0.4) is 0 Å². The van der Waals surface area contributed by atoms with Crippen molar-refractivity contribution in [2.45, 2.75) is 32.9 Å². The molecule has 3 rings (SSSR count). The number of unbranched alkanes of at least 4 members (excludes halogenated alkanes) is 1. The first-order chi connectivity index (χ1) is 11.8. The van der Waals surface area contributed by atoms with Crippen LogP contribution in [-0.2, 0) is 13.2 Å². The molecule has 24 heavy (non-hydrogen) atoms. The van der Waals surface area contributed by atoms with E-state index in [0.717, 1.165) is 41.1 Å². The van der Waals surface area contributed by atoms with Crippen LogP contribution in [0.4, 0.5) is 0 Å². The Kier molecular flexibility index (Phi) is 5.43. The van der Waals surface area contributed by atoms with E-state index in [2.05, 4.69) is 40.1 Å². The van der Waals surface area contributed by atoms with Crippen LogP contribution in [0, 0.1) is 0 Å². The Morgan fingerprint density at radius 2 is 2.12 bits per heavy atom. The smallest absolute Gasteiger partial charge is 0.130 e. The molecule has 0 saturated heterocycles. The lowest BCUT2D eigenvalue weighted by Crippen LogP contribution is -2.19. The minimum atomic E-state index is 0.468. The highest BCUT2D eigenvalue weighted by atomic mass is 16.5. The first kappa shape index (κ1) is 16.5. The Morgan fingerprint density at radius 3 is 2.92 bits per heavy atom. The van der Waals surface area contributed by atoms with Gasteiger partial charge in [0.15, 0.2) is 0 Å². The van der Waals surface area contributed by atoms with Crippen molar-refractivity contribution in [3.8, 4) is 5.75 Å². The van der Waals surface area contributed by atoms with Gasteiger partial charge in [-0.15, -0.1) is 0 Å². The summed E-state index contributed by atoms with van der Waals surface area (Å²) in [6.07, 6.45) is 4.20. The van der Waals surface area contributed by atoms with E-state index in [1.807, 2.05) is 30.3 Å². The van der Waals surface area contributed by atoms with Crippen molar-refractivity contribution in [1.29, 1.82) is 0 Å². The summed E-state index contributed by atoms with van der Waals surface area (Å²) in [4.78, 5) is 6.60. The third kappa shape index (κ3) is 4.11. The molecule has 3 aromatic rings. The highest BCUT2D eigenvalue weighted by molar-refractivity contribution is 5.82.